The van der Waals surface area contributed by atoms with E-state index in [1.807, 2.05) is 5.38 Å². The summed E-state index contributed by atoms with van der Waals surface area (Å²) in [5.74, 6) is -0.263. The number of hydrogen-bond donors (Lipinski definition) is 1. The summed E-state index contributed by atoms with van der Waals surface area (Å²) in [5.41, 5.74) is 5.98. The summed E-state index contributed by atoms with van der Waals surface area (Å²) in [4.78, 5) is 18.4. The van der Waals surface area contributed by atoms with Crippen LogP contribution in [0.1, 0.15) is 63.3 Å². The van der Waals surface area contributed by atoms with Gasteiger partial charge in [-0.2, -0.15) is 5.10 Å². The molecule has 0 atom stereocenters. The molecule has 7 heteroatoms. The largest absolute Gasteiger partial charge is 0.466 e. The highest BCUT2D eigenvalue weighted by atomic mass is 32.1. The van der Waals surface area contributed by atoms with Crippen LogP contribution in [0.2, 0.25) is 0 Å². The molecule has 0 aliphatic heterocycles. The predicted octanol–water partition coefficient (Wildman–Crippen LogP) is 5.10. The number of thiazole rings is 1. The molecule has 1 N–H and O–H groups in total. The van der Waals surface area contributed by atoms with E-state index in [0.717, 1.165) is 25.2 Å². The van der Waals surface area contributed by atoms with Crippen LogP contribution in [0, 0.1) is 0 Å². The predicted molar refractivity (Wildman–Crippen MR) is 125 cm³/mol. The highest BCUT2D eigenvalue weighted by Gasteiger charge is 2.08. The molecule has 0 unspecified atom stereocenters. The summed E-state index contributed by atoms with van der Waals surface area (Å²) in [6.07, 6.45) is 6.92. The molecule has 0 aliphatic rings. The minimum Gasteiger partial charge on any atom is -0.466 e. The summed E-state index contributed by atoms with van der Waals surface area (Å²) < 4.78 is 4.94. The van der Waals surface area contributed by atoms with E-state index in [2.05, 4.69) is 58.5 Å². The second-order valence-corrected chi connectivity index (χ2v) is 8.08. The van der Waals surface area contributed by atoms with Gasteiger partial charge in [0, 0.05) is 11.9 Å². The maximum atomic E-state index is 11.5. The Hall–Kier alpha value is -2.25. The van der Waals surface area contributed by atoms with Gasteiger partial charge in [0.25, 0.3) is 0 Å². The van der Waals surface area contributed by atoms with Gasteiger partial charge in [-0.1, -0.05) is 51.0 Å². The van der Waals surface area contributed by atoms with Gasteiger partial charge in [0.15, 0.2) is 0 Å². The Balaban J connectivity index is 1.84. The third-order valence-corrected chi connectivity index (χ3v) is 5.39. The van der Waals surface area contributed by atoms with Crippen molar-refractivity contribution < 1.29 is 9.53 Å². The van der Waals surface area contributed by atoms with Crippen molar-refractivity contribution in [1.29, 1.82) is 0 Å². The number of nitrogens with zero attached hydrogens (tertiary/aromatic N) is 3. The molecule has 0 bridgehead atoms. The molecule has 0 radical (unpaired) electrons. The first-order chi connectivity index (χ1) is 14.6. The van der Waals surface area contributed by atoms with E-state index in [1.165, 1.54) is 42.6 Å². The first-order valence-corrected chi connectivity index (χ1v) is 11.7. The van der Waals surface area contributed by atoms with Crippen molar-refractivity contribution in [2.75, 3.05) is 25.1 Å². The van der Waals surface area contributed by atoms with Crippen LogP contribution in [0.25, 0.3) is 0 Å². The number of hydrogen-bond acceptors (Lipinski definition) is 7. The molecular weight excluding hydrogens is 396 g/mol. The third kappa shape index (κ3) is 9.05. The lowest BCUT2D eigenvalue weighted by Gasteiger charge is -2.22. The third-order valence-electron chi connectivity index (χ3n) is 4.60. The number of benzene rings is 1. The number of rotatable bonds is 14. The fourth-order valence-corrected chi connectivity index (χ4v) is 3.62. The molecule has 0 amide bonds. The number of carbonyl (C=O) groups excluding carboxylic acids is 1. The molecule has 30 heavy (non-hydrogen) atoms. The van der Waals surface area contributed by atoms with Crippen LogP contribution >= 0.6 is 11.3 Å². The van der Waals surface area contributed by atoms with Crippen molar-refractivity contribution >= 4 is 28.7 Å². The summed E-state index contributed by atoms with van der Waals surface area (Å²) in [5, 5.41) is 6.76. The van der Waals surface area contributed by atoms with Crippen molar-refractivity contribution in [3.8, 4) is 0 Å². The van der Waals surface area contributed by atoms with Crippen LogP contribution in [0.15, 0.2) is 34.7 Å². The summed E-state index contributed by atoms with van der Waals surface area (Å²) >= 11 is 1.42. The van der Waals surface area contributed by atoms with Crippen LogP contribution in [0.3, 0.4) is 0 Å². The number of anilines is 1. The molecular formula is C23H34N4O2S. The van der Waals surface area contributed by atoms with E-state index in [-0.39, 0.29) is 12.4 Å². The second-order valence-electron chi connectivity index (χ2n) is 7.22. The number of unbranched alkanes of at least 4 members (excludes halogenated alkanes) is 2. The molecule has 0 fully saturated rings. The topological polar surface area (TPSA) is 66.8 Å². The first kappa shape index (κ1) is 24.0. The zero-order valence-electron chi connectivity index (χ0n) is 18.4. The number of carbonyl (C=O) groups is 1. The van der Waals surface area contributed by atoms with Crippen LogP contribution in [0.5, 0.6) is 0 Å². The average Bonchev–Trinajstić information content (AvgIpc) is 3.18. The van der Waals surface area contributed by atoms with Crippen molar-refractivity contribution in [3.63, 3.8) is 0 Å². The molecule has 1 aromatic heterocycles. The van der Waals surface area contributed by atoms with Crippen molar-refractivity contribution in [1.82, 2.24) is 9.88 Å². The van der Waals surface area contributed by atoms with Gasteiger partial charge in [-0.25, -0.2) is 4.98 Å². The van der Waals surface area contributed by atoms with Crippen LogP contribution < -0.4 is 5.43 Å². The van der Waals surface area contributed by atoms with E-state index in [9.17, 15) is 4.79 Å². The maximum Gasteiger partial charge on any atom is 0.311 e. The molecule has 1 aromatic carbocycles. The molecule has 0 saturated heterocycles. The molecule has 2 aromatic rings. The van der Waals surface area contributed by atoms with Gasteiger partial charge < -0.3 is 4.74 Å². The fourth-order valence-electron chi connectivity index (χ4n) is 2.96. The molecule has 0 saturated carbocycles. The van der Waals surface area contributed by atoms with Gasteiger partial charge in [0.1, 0.15) is 0 Å². The van der Waals surface area contributed by atoms with Gasteiger partial charge in [-0.05, 0) is 44.0 Å². The summed E-state index contributed by atoms with van der Waals surface area (Å²) in [6.45, 7) is 9.98. The van der Waals surface area contributed by atoms with Crippen LogP contribution in [0.4, 0.5) is 5.13 Å². The highest BCUT2D eigenvalue weighted by Crippen LogP contribution is 2.16. The van der Waals surface area contributed by atoms with Crippen molar-refractivity contribution in [2.24, 2.45) is 5.10 Å². The highest BCUT2D eigenvalue weighted by molar-refractivity contribution is 7.13. The summed E-state index contributed by atoms with van der Waals surface area (Å²) in [7, 11) is 0. The number of hydrazone groups is 1. The molecule has 0 spiro atoms. The lowest BCUT2D eigenvalue weighted by atomic mass is 10.1. The fraction of sp³-hybridized carbons (Fsp3) is 0.522. The smallest absolute Gasteiger partial charge is 0.311 e. The second kappa shape index (κ2) is 13.9. The standard InChI is InChI=1S/C23H34N4O2S/c1-4-7-13-27(14-8-5-2)17-20-11-9-19(10-12-20)16-24-26-23-25-21(18-30-23)15-22(28)29-6-3/h9-12,16,18H,4-8,13-15,17H2,1-3H3,(H,25,26). The lowest BCUT2D eigenvalue weighted by Crippen LogP contribution is -2.25. The SMILES string of the molecule is CCCCN(CCCC)Cc1ccc(C=NNc2nc(CC(=O)OCC)cs2)cc1. The van der Waals surface area contributed by atoms with E-state index in [4.69, 9.17) is 4.74 Å². The van der Waals surface area contributed by atoms with Crippen LogP contribution in [-0.4, -0.2) is 41.8 Å². The molecule has 2 rings (SSSR count). The first-order valence-electron chi connectivity index (χ1n) is 10.8. The quantitative estimate of drug-likeness (QED) is 0.257. The normalized spacial score (nSPS) is 11.3. The minimum atomic E-state index is -0.263. The molecule has 164 valence electrons. The number of nitrogens with one attached hydrogen (secondary N) is 1. The Kier molecular flexibility index (Phi) is 11.1. The van der Waals surface area contributed by atoms with E-state index in [0.29, 0.717) is 17.4 Å². The van der Waals surface area contributed by atoms with Crippen molar-refractivity contribution in [3.05, 3.63) is 46.5 Å². The minimum absolute atomic E-state index is 0.185. The molecule has 0 aliphatic carbocycles. The number of aromatic nitrogens is 1. The lowest BCUT2D eigenvalue weighted by molar-refractivity contribution is -0.142. The maximum absolute atomic E-state index is 11.5. The van der Waals surface area contributed by atoms with E-state index < -0.39 is 0 Å². The molecule has 1 heterocycles. The summed E-state index contributed by atoms with van der Waals surface area (Å²) in [6, 6.07) is 8.53. The van der Waals surface area contributed by atoms with Gasteiger partial charge in [-0.15, -0.1) is 11.3 Å². The Morgan fingerprint density at radius 2 is 1.87 bits per heavy atom. The monoisotopic (exact) mass is 430 g/mol. The van der Waals surface area contributed by atoms with Crippen molar-refractivity contribution in [2.45, 2.75) is 59.4 Å². The van der Waals surface area contributed by atoms with Crippen LogP contribution in [-0.2, 0) is 22.5 Å². The van der Waals surface area contributed by atoms with Gasteiger partial charge in [0.2, 0.25) is 5.13 Å². The van der Waals surface area contributed by atoms with Gasteiger partial charge >= 0.3 is 5.97 Å². The number of ether oxygens (including phenoxy) is 1. The Morgan fingerprint density at radius 3 is 2.50 bits per heavy atom. The zero-order valence-corrected chi connectivity index (χ0v) is 19.2. The Labute approximate surface area is 184 Å². The van der Waals surface area contributed by atoms with Gasteiger partial charge in [0.05, 0.1) is 24.9 Å². The number of esters is 1. The zero-order chi connectivity index (χ0) is 21.6. The Morgan fingerprint density at radius 1 is 1.17 bits per heavy atom. The Bertz CT molecular complexity index is 766. The average molecular weight is 431 g/mol. The van der Waals surface area contributed by atoms with E-state index >= 15 is 0 Å². The van der Waals surface area contributed by atoms with Gasteiger partial charge in [-0.3, -0.25) is 15.1 Å². The van der Waals surface area contributed by atoms with E-state index in [1.54, 1.807) is 13.1 Å². The molecule has 6 nitrogen and oxygen atoms in total.